The number of Topliss-reactive ketones (excluding diaryl/α,β-unsaturated/α-hetero) is 2. The van der Waals surface area contributed by atoms with Crippen LogP contribution in [0, 0.1) is 11.3 Å². The van der Waals surface area contributed by atoms with Gasteiger partial charge in [-0.1, -0.05) is 35.9 Å². The molecule has 0 spiro atoms. The number of benzene rings is 2. The zero-order valence-electron chi connectivity index (χ0n) is 11.9. The Morgan fingerprint density at radius 3 is 1.77 bits per heavy atom. The van der Waals surface area contributed by atoms with Gasteiger partial charge in [-0.3, -0.25) is 9.59 Å². The highest BCUT2D eigenvalue weighted by atomic mass is 35.5. The minimum Gasteiger partial charge on any atom is -0.299 e. The molecule has 0 bridgehead atoms. The summed E-state index contributed by atoms with van der Waals surface area (Å²) in [5.74, 6) is -0.232. The molecule has 22 heavy (non-hydrogen) atoms. The molecule has 0 atom stereocenters. The topological polar surface area (TPSA) is 57.9 Å². The van der Waals surface area contributed by atoms with E-state index in [0.29, 0.717) is 10.6 Å². The lowest BCUT2D eigenvalue weighted by Crippen LogP contribution is -2.12. The third-order valence-electron chi connectivity index (χ3n) is 3.19. The molecule has 110 valence electrons. The average molecular weight is 312 g/mol. The Morgan fingerprint density at radius 2 is 1.32 bits per heavy atom. The van der Waals surface area contributed by atoms with Gasteiger partial charge < -0.3 is 0 Å². The zero-order valence-corrected chi connectivity index (χ0v) is 12.6. The van der Waals surface area contributed by atoms with E-state index in [9.17, 15) is 9.59 Å². The van der Waals surface area contributed by atoms with Gasteiger partial charge in [0.25, 0.3) is 0 Å². The maximum Gasteiger partial charge on any atom is 0.144 e. The number of rotatable bonds is 6. The lowest BCUT2D eigenvalue weighted by Gasteiger charge is -2.03. The van der Waals surface area contributed by atoms with Crippen molar-refractivity contribution in [2.75, 3.05) is 0 Å². The Balaban J connectivity index is 1.86. The summed E-state index contributed by atoms with van der Waals surface area (Å²) in [6.45, 7) is 0. The molecule has 0 heterocycles. The molecular formula is C18H14ClNO2. The Kier molecular flexibility index (Phi) is 5.46. The van der Waals surface area contributed by atoms with Gasteiger partial charge in [0.15, 0.2) is 0 Å². The van der Waals surface area contributed by atoms with Crippen molar-refractivity contribution < 1.29 is 9.59 Å². The van der Waals surface area contributed by atoms with E-state index in [0.717, 1.165) is 11.1 Å². The zero-order chi connectivity index (χ0) is 15.9. The van der Waals surface area contributed by atoms with Crippen molar-refractivity contribution in [2.24, 2.45) is 0 Å². The molecule has 0 saturated heterocycles. The fourth-order valence-corrected chi connectivity index (χ4v) is 2.23. The molecular weight excluding hydrogens is 298 g/mol. The molecule has 0 aliphatic rings. The summed E-state index contributed by atoms with van der Waals surface area (Å²) in [7, 11) is 0. The molecule has 2 rings (SSSR count). The number of nitrogens with zero attached hydrogens (tertiary/aromatic N) is 1. The first kappa shape index (κ1) is 15.9. The van der Waals surface area contributed by atoms with Gasteiger partial charge in [0.05, 0.1) is 18.1 Å². The Hall–Kier alpha value is -2.44. The maximum atomic E-state index is 11.9. The van der Waals surface area contributed by atoms with E-state index in [1.54, 1.807) is 48.5 Å². The van der Waals surface area contributed by atoms with E-state index in [-0.39, 0.29) is 30.8 Å². The Bertz CT molecular complexity index is 712. The van der Waals surface area contributed by atoms with Gasteiger partial charge in [0.1, 0.15) is 11.6 Å². The largest absolute Gasteiger partial charge is 0.299 e. The van der Waals surface area contributed by atoms with E-state index in [2.05, 4.69) is 0 Å². The molecule has 4 heteroatoms. The third-order valence-corrected chi connectivity index (χ3v) is 3.45. The van der Waals surface area contributed by atoms with Gasteiger partial charge in [0.2, 0.25) is 0 Å². The molecule has 3 nitrogen and oxygen atoms in total. The standard InChI is InChI=1S/C18H14ClNO2/c19-16-7-5-14(6-8-16)10-18(22)11-17(21)9-13-1-3-15(12-20)4-2-13/h1-8H,9-11H2. The van der Waals surface area contributed by atoms with E-state index in [4.69, 9.17) is 16.9 Å². The van der Waals surface area contributed by atoms with Crippen LogP contribution in [0.5, 0.6) is 0 Å². The highest BCUT2D eigenvalue weighted by molar-refractivity contribution is 6.30. The summed E-state index contributed by atoms with van der Waals surface area (Å²) >= 11 is 5.79. The number of nitriles is 1. The van der Waals surface area contributed by atoms with Crippen molar-refractivity contribution in [1.29, 1.82) is 5.26 Å². The predicted octanol–water partition coefficient (Wildman–Crippen LogP) is 3.53. The van der Waals surface area contributed by atoms with Crippen LogP contribution in [0.1, 0.15) is 23.1 Å². The SMILES string of the molecule is N#Cc1ccc(CC(=O)CC(=O)Cc2ccc(Cl)cc2)cc1. The van der Waals surface area contributed by atoms with Gasteiger partial charge in [0, 0.05) is 17.9 Å². The molecule has 0 aromatic heterocycles. The van der Waals surface area contributed by atoms with Crippen LogP contribution in [-0.2, 0) is 22.4 Å². The monoisotopic (exact) mass is 311 g/mol. The summed E-state index contributed by atoms with van der Waals surface area (Å²) in [6.07, 6.45) is 0.358. The summed E-state index contributed by atoms with van der Waals surface area (Å²) in [4.78, 5) is 23.8. The van der Waals surface area contributed by atoms with Crippen LogP contribution in [0.3, 0.4) is 0 Å². The molecule has 2 aromatic carbocycles. The maximum absolute atomic E-state index is 11.9. The van der Waals surface area contributed by atoms with E-state index in [1.807, 2.05) is 6.07 Å². The number of carbonyl (C=O) groups excluding carboxylic acids is 2. The molecule has 0 aliphatic carbocycles. The Labute approximate surface area is 134 Å². The Morgan fingerprint density at radius 1 is 0.864 bits per heavy atom. The van der Waals surface area contributed by atoms with Crippen LogP contribution in [0.25, 0.3) is 0 Å². The van der Waals surface area contributed by atoms with Gasteiger partial charge in [-0.05, 0) is 35.4 Å². The van der Waals surface area contributed by atoms with Crippen LogP contribution >= 0.6 is 11.6 Å². The molecule has 0 amide bonds. The fraction of sp³-hybridized carbons (Fsp3) is 0.167. The van der Waals surface area contributed by atoms with Crippen LogP contribution in [0.4, 0.5) is 0 Å². The normalized spacial score (nSPS) is 10.0. The molecule has 0 unspecified atom stereocenters. The fourth-order valence-electron chi connectivity index (χ4n) is 2.10. The molecule has 0 fully saturated rings. The second-order valence-corrected chi connectivity index (χ2v) is 5.48. The van der Waals surface area contributed by atoms with Crippen LogP contribution in [-0.4, -0.2) is 11.6 Å². The van der Waals surface area contributed by atoms with Crippen molar-refractivity contribution in [3.63, 3.8) is 0 Å². The first-order valence-corrected chi connectivity index (χ1v) is 7.21. The first-order valence-electron chi connectivity index (χ1n) is 6.83. The molecule has 0 saturated carbocycles. The molecule has 0 radical (unpaired) electrons. The number of carbonyl (C=O) groups is 2. The summed E-state index contributed by atoms with van der Waals surface area (Å²) in [5.41, 5.74) is 2.21. The van der Waals surface area contributed by atoms with Crippen LogP contribution in [0.2, 0.25) is 5.02 Å². The van der Waals surface area contributed by atoms with Gasteiger partial charge in [-0.25, -0.2) is 0 Å². The van der Waals surface area contributed by atoms with E-state index >= 15 is 0 Å². The van der Waals surface area contributed by atoms with Gasteiger partial charge in [-0.15, -0.1) is 0 Å². The minimum absolute atomic E-state index is 0.0807. The second kappa shape index (κ2) is 7.53. The summed E-state index contributed by atoms with van der Waals surface area (Å²) in [6, 6.07) is 15.8. The highest BCUT2D eigenvalue weighted by Crippen LogP contribution is 2.11. The van der Waals surface area contributed by atoms with Crippen molar-refractivity contribution >= 4 is 23.2 Å². The molecule has 0 N–H and O–H groups in total. The predicted molar refractivity (Wildman–Crippen MR) is 84.6 cm³/mol. The van der Waals surface area contributed by atoms with Crippen molar-refractivity contribution in [3.05, 3.63) is 70.2 Å². The lowest BCUT2D eigenvalue weighted by molar-refractivity contribution is -0.126. The number of hydrogen-bond donors (Lipinski definition) is 0. The molecule has 2 aromatic rings. The van der Waals surface area contributed by atoms with Crippen LogP contribution < -0.4 is 0 Å². The molecule has 0 aliphatic heterocycles. The smallest absolute Gasteiger partial charge is 0.144 e. The van der Waals surface area contributed by atoms with Gasteiger partial charge >= 0.3 is 0 Å². The van der Waals surface area contributed by atoms with E-state index in [1.165, 1.54) is 0 Å². The van der Waals surface area contributed by atoms with Gasteiger partial charge in [-0.2, -0.15) is 5.26 Å². The number of hydrogen-bond acceptors (Lipinski definition) is 3. The van der Waals surface area contributed by atoms with E-state index < -0.39 is 0 Å². The summed E-state index contributed by atoms with van der Waals surface area (Å²) < 4.78 is 0. The first-order chi connectivity index (χ1) is 10.6. The highest BCUT2D eigenvalue weighted by Gasteiger charge is 2.11. The number of halogens is 1. The van der Waals surface area contributed by atoms with Crippen molar-refractivity contribution in [2.45, 2.75) is 19.3 Å². The van der Waals surface area contributed by atoms with Crippen LogP contribution in [0.15, 0.2) is 48.5 Å². The average Bonchev–Trinajstić information content (AvgIpc) is 2.50. The summed E-state index contributed by atoms with van der Waals surface area (Å²) in [5, 5.41) is 9.34. The van der Waals surface area contributed by atoms with Crippen molar-refractivity contribution in [3.8, 4) is 6.07 Å². The second-order valence-electron chi connectivity index (χ2n) is 5.04. The van der Waals surface area contributed by atoms with Crippen molar-refractivity contribution in [1.82, 2.24) is 0 Å². The quantitative estimate of drug-likeness (QED) is 0.767. The lowest BCUT2D eigenvalue weighted by atomic mass is 10.0. The minimum atomic E-state index is -0.122. The third kappa shape index (κ3) is 4.83. The number of ketones is 2.